The van der Waals surface area contributed by atoms with Gasteiger partial charge < -0.3 is 14.9 Å². The minimum absolute atomic E-state index is 0.00191. The molecule has 0 aromatic carbocycles. The van der Waals surface area contributed by atoms with E-state index in [1.54, 1.807) is 30.4 Å². The van der Waals surface area contributed by atoms with Gasteiger partial charge in [0.05, 0.1) is 18.1 Å². The standard InChI is InChI=1S/C31H39NO6S/c1-4-38-28(37)27-23-13-22-21-8-7-18-12-19(34)9-10-29(18,2)26(21)24(35)14-30(22,3)31(23,25(36)16-33)17-32(27)15-20-6-5-11-39-20/h5-6,9-12,21-24,26-27,33,35H,4,7-8,13-17H2,1-3H3/t21-,22-,23-,24-,26+,27?,29-,30-,31+/m0/s1. The number of rotatable bonds is 6. The summed E-state index contributed by atoms with van der Waals surface area (Å²) >= 11 is 1.62. The van der Waals surface area contributed by atoms with E-state index in [1.807, 2.05) is 23.6 Å². The maximum absolute atomic E-state index is 14.0. The number of ether oxygens (including phenoxy) is 1. The zero-order chi connectivity index (χ0) is 27.7. The largest absolute Gasteiger partial charge is 0.465 e. The van der Waals surface area contributed by atoms with E-state index in [4.69, 9.17) is 4.74 Å². The van der Waals surface area contributed by atoms with Crippen LogP contribution in [0.25, 0.3) is 0 Å². The second-order valence-corrected chi connectivity index (χ2v) is 13.8. The number of carbonyl (C=O) groups excluding carboxylic acids is 3. The lowest BCUT2D eigenvalue weighted by Gasteiger charge is -2.60. The number of esters is 1. The van der Waals surface area contributed by atoms with E-state index in [2.05, 4.69) is 18.7 Å². The Morgan fingerprint density at radius 1 is 1.26 bits per heavy atom. The van der Waals surface area contributed by atoms with E-state index in [1.165, 1.54) is 0 Å². The summed E-state index contributed by atoms with van der Waals surface area (Å²) in [6.07, 6.45) is 7.42. The molecule has 210 valence electrons. The lowest BCUT2D eigenvalue weighted by molar-refractivity contribution is -0.159. The zero-order valence-corrected chi connectivity index (χ0v) is 23.8. The highest BCUT2D eigenvalue weighted by Crippen LogP contribution is 2.73. The van der Waals surface area contributed by atoms with Crippen LogP contribution in [0.2, 0.25) is 0 Å². The average molecular weight is 554 g/mol. The maximum Gasteiger partial charge on any atom is 0.323 e. The highest BCUT2D eigenvalue weighted by molar-refractivity contribution is 7.09. The van der Waals surface area contributed by atoms with Gasteiger partial charge in [0.15, 0.2) is 11.6 Å². The van der Waals surface area contributed by atoms with Gasteiger partial charge >= 0.3 is 5.97 Å². The van der Waals surface area contributed by atoms with Gasteiger partial charge in [0.1, 0.15) is 12.6 Å². The maximum atomic E-state index is 14.0. The number of allylic oxidation sites excluding steroid dienone is 4. The van der Waals surface area contributed by atoms with Crippen LogP contribution in [0.4, 0.5) is 0 Å². The van der Waals surface area contributed by atoms with Crippen molar-refractivity contribution < 1.29 is 29.3 Å². The number of thiophene rings is 1. The van der Waals surface area contributed by atoms with Crippen LogP contribution < -0.4 is 0 Å². The second kappa shape index (κ2) is 9.47. The number of nitrogens with zero attached hydrogens (tertiary/aromatic N) is 1. The molecule has 1 aromatic rings. The SMILES string of the molecule is CCOC(=O)C1[C@@H]2C[C@H]3[C@@H]4CCC5=CC(=O)C=C[C@]5(C)[C@H]4[C@@H](O)C[C@]3(C)[C@]2(C(=O)CO)CN1Cc1cccs1. The van der Waals surface area contributed by atoms with Crippen molar-refractivity contribution in [2.75, 3.05) is 19.8 Å². The summed E-state index contributed by atoms with van der Waals surface area (Å²) in [5.41, 5.74) is -0.860. The number of likely N-dealkylation sites (tertiary alicyclic amines) is 1. The number of hydrogen-bond donors (Lipinski definition) is 2. The Balaban J connectivity index is 1.44. The van der Waals surface area contributed by atoms with Crippen LogP contribution in [0, 0.1) is 39.9 Å². The van der Waals surface area contributed by atoms with Crippen molar-refractivity contribution in [3.8, 4) is 0 Å². The smallest absolute Gasteiger partial charge is 0.323 e. The van der Waals surface area contributed by atoms with Gasteiger partial charge in [-0.15, -0.1) is 11.3 Å². The minimum atomic E-state index is -0.956. The Labute approximate surface area is 233 Å². The fraction of sp³-hybridized carbons (Fsp3) is 0.645. The number of carbonyl (C=O) groups is 3. The van der Waals surface area contributed by atoms with Crippen LogP contribution in [0.5, 0.6) is 0 Å². The third kappa shape index (κ3) is 3.67. The number of fused-ring (bicyclic) bond motifs is 7. The lowest BCUT2D eigenvalue weighted by atomic mass is 9.44. The third-order valence-electron chi connectivity index (χ3n) is 11.4. The van der Waals surface area contributed by atoms with E-state index in [0.717, 1.165) is 23.3 Å². The van der Waals surface area contributed by atoms with E-state index in [-0.39, 0.29) is 47.8 Å². The number of aliphatic hydroxyl groups excluding tert-OH is 2. The molecule has 0 amide bonds. The molecule has 6 rings (SSSR count). The molecule has 0 spiro atoms. The molecule has 2 heterocycles. The molecule has 4 fully saturated rings. The van der Waals surface area contributed by atoms with Gasteiger partial charge in [-0.2, -0.15) is 0 Å². The van der Waals surface area contributed by atoms with Crippen molar-refractivity contribution >= 4 is 28.9 Å². The molecular weight excluding hydrogens is 514 g/mol. The first-order chi connectivity index (χ1) is 18.6. The molecule has 1 aliphatic heterocycles. The molecule has 8 heteroatoms. The summed E-state index contributed by atoms with van der Waals surface area (Å²) < 4.78 is 5.60. The van der Waals surface area contributed by atoms with Crippen LogP contribution in [0.15, 0.2) is 41.3 Å². The van der Waals surface area contributed by atoms with Crippen LogP contribution >= 0.6 is 11.3 Å². The van der Waals surface area contributed by atoms with Crippen molar-refractivity contribution in [3.05, 3.63) is 46.2 Å². The Hall–Kier alpha value is -2.13. The molecule has 4 aliphatic carbocycles. The number of aliphatic hydroxyl groups is 2. The van der Waals surface area contributed by atoms with Crippen LogP contribution in [-0.2, 0) is 25.7 Å². The summed E-state index contributed by atoms with van der Waals surface area (Å²) in [5, 5.41) is 24.2. The molecule has 0 radical (unpaired) electrons. The molecule has 5 aliphatic rings. The van der Waals surface area contributed by atoms with Gasteiger partial charge in [0.2, 0.25) is 0 Å². The van der Waals surface area contributed by atoms with Crippen molar-refractivity contribution in [3.63, 3.8) is 0 Å². The van der Waals surface area contributed by atoms with Gasteiger partial charge in [-0.3, -0.25) is 19.3 Å². The fourth-order valence-corrected chi connectivity index (χ4v) is 10.7. The van der Waals surface area contributed by atoms with Crippen LogP contribution in [-0.4, -0.2) is 64.6 Å². The Kier molecular flexibility index (Phi) is 6.57. The minimum Gasteiger partial charge on any atom is -0.465 e. The van der Waals surface area contributed by atoms with Crippen molar-refractivity contribution in [2.24, 2.45) is 39.9 Å². The normalized spacial score (nSPS) is 42.8. The predicted molar refractivity (Wildman–Crippen MR) is 147 cm³/mol. The average Bonchev–Trinajstić information content (AvgIpc) is 3.58. The molecule has 0 bridgehead atoms. The summed E-state index contributed by atoms with van der Waals surface area (Å²) in [6, 6.07) is 3.44. The first kappa shape index (κ1) is 27.1. The van der Waals surface area contributed by atoms with Gasteiger partial charge in [0, 0.05) is 29.3 Å². The van der Waals surface area contributed by atoms with Crippen molar-refractivity contribution in [1.82, 2.24) is 4.90 Å². The number of ketones is 2. The highest BCUT2D eigenvalue weighted by Gasteiger charge is 2.76. The van der Waals surface area contributed by atoms with E-state index in [9.17, 15) is 24.6 Å². The predicted octanol–water partition coefficient (Wildman–Crippen LogP) is 3.55. The third-order valence-corrected chi connectivity index (χ3v) is 12.2. The molecule has 1 saturated heterocycles. The van der Waals surface area contributed by atoms with Crippen LogP contribution in [0.3, 0.4) is 0 Å². The first-order valence-corrected chi connectivity index (χ1v) is 15.2. The summed E-state index contributed by atoms with van der Waals surface area (Å²) in [7, 11) is 0. The molecule has 1 aromatic heterocycles. The summed E-state index contributed by atoms with van der Waals surface area (Å²) in [6.45, 7) is 6.66. The van der Waals surface area contributed by atoms with Crippen molar-refractivity contribution in [1.29, 1.82) is 0 Å². The quantitative estimate of drug-likeness (QED) is 0.519. The second-order valence-electron chi connectivity index (χ2n) is 12.8. The van der Waals surface area contributed by atoms with E-state index in [0.29, 0.717) is 25.9 Å². The number of Topliss-reactive ketones (excluding diaryl/α,β-unsaturated/α-hetero) is 1. The molecule has 3 saturated carbocycles. The summed E-state index contributed by atoms with van der Waals surface area (Å²) in [4.78, 5) is 42.9. The van der Waals surface area contributed by atoms with E-state index < -0.39 is 35.0 Å². The molecule has 39 heavy (non-hydrogen) atoms. The van der Waals surface area contributed by atoms with Crippen LogP contribution in [0.1, 0.15) is 51.3 Å². The monoisotopic (exact) mass is 553 g/mol. The molecule has 7 nitrogen and oxygen atoms in total. The molecule has 2 N–H and O–H groups in total. The Morgan fingerprint density at radius 2 is 2.05 bits per heavy atom. The zero-order valence-electron chi connectivity index (χ0n) is 23.0. The van der Waals surface area contributed by atoms with Crippen molar-refractivity contribution in [2.45, 2.75) is 65.1 Å². The lowest BCUT2D eigenvalue weighted by Crippen LogP contribution is -2.60. The van der Waals surface area contributed by atoms with Gasteiger partial charge in [-0.25, -0.2) is 0 Å². The summed E-state index contributed by atoms with van der Waals surface area (Å²) in [5.74, 6) is -0.647. The Bertz CT molecular complexity index is 1240. The molecule has 9 atom stereocenters. The number of hydrogen-bond acceptors (Lipinski definition) is 8. The molecular formula is C31H39NO6S. The topological polar surface area (TPSA) is 104 Å². The van der Waals surface area contributed by atoms with E-state index >= 15 is 0 Å². The first-order valence-electron chi connectivity index (χ1n) is 14.3. The van der Waals surface area contributed by atoms with Gasteiger partial charge in [0.25, 0.3) is 0 Å². The van der Waals surface area contributed by atoms with Gasteiger partial charge in [-0.1, -0.05) is 31.6 Å². The molecule has 1 unspecified atom stereocenters. The van der Waals surface area contributed by atoms with Gasteiger partial charge in [-0.05, 0) is 79.4 Å². The highest BCUT2D eigenvalue weighted by atomic mass is 32.1. The Morgan fingerprint density at radius 3 is 2.74 bits per heavy atom. The fourth-order valence-electron chi connectivity index (χ4n) is 9.94.